The molecule has 0 aliphatic carbocycles. The third kappa shape index (κ3) is 9.74. The third-order valence-corrected chi connectivity index (χ3v) is 3.26. The van der Waals surface area contributed by atoms with Crippen LogP contribution in [-0.2, 0) is 15.6 Å². The first kappa shape index (κ1) is 12.8. The molecule has 0 radical (unpaired) electrons. The number of hydrogen-bond acceptors (Lipinski definition) is 2. The Morgan fingerprint density at radius 1 is 1.31 bits per heavy atom. The molecule has 0 saturated heterocycles. The molecule has 1 atom stereocenters. The Hall–Kier alpha value is -0.180. The summed E-state index contributed by atoms with van der Waals surface area (Å²) in [6, 6.07) is 0. The van der Waals surface area contributed by atoms with E-state index in [1.807, 2.05) is 0 Å². The molecule has 0 aromatic rings. The molecule has 0 saturated carbocycles. The van der Waals surface area contributed by atoms with Gasteiger partial charge >= 0.3 is 0 Å². The molecule has 0 amide bonds. The fraction of sp³-hybridized carbons (Fsp3) is 0.900. The highest BCUT2D eigenvalue weighted by atomic mass is 32.2. The summed E-state index contributed by atoms with van der Waals surface area (Å²) < 4.78 is 11.3. The normalized spacial score (nSPS) is 13.2. The molecule has 0 aliphatic heterocycles. The second kappa shape index (κ2) is 7.25. The van der Waals surface area contributed by atoms with Crippen LogP contribution >= 0.6 is 0 Å². The highest BCUT2D eigenvalue weighted by Crippen LogP contribution is 2.02. The van der Waals surface area contributed by atoms with E-state index >= 15 is 0 Å². The zero-order chi connectivity index (χ0) is 10.3. The number of ketones is 1. The molecule has 2 nitrogen and oxygen atoms in total. The molecular formula is C10H20O2S. The average Bonchev–Trinajstić information content (AvgIpc) is 2.00. The Labute approximate surface area is 83.6 Å². The fourth-order valence-corrected chi connectivity index (χ4v) is 2.36. The third-order valence-electron chi connectivity index (χ3n) is 1.82. The Balaban J connectivity index is 3.35. The fourth-order valence-electron chi connectivity index (χ4n) is 0.951. The van der Waals surface area contributed by atoms with Crippen LogP contribution in [0.4, 0.5) is 0 Å². The predicted octanol–water partition coefficient (Wildman–Crippen LogP) is 2.15. The van der Waals surface area contributed by atoms with Crippen molar-refractivity contribution < 1.29 is 9.00 Å². The number of carbonyl (C=O) groups excluding carboxylic acids is 1. The lowest BCUT2D eigenvalue weighted by molar-refractivity contribution is -0.117. The first-order valence-corrected chi connectivity index (χ1v) is 6.35. The molecule has 0 fully saturated rings. The van der Waals surface area contributed by atoms with Crippen molar-refractivity contribution in [3.8, 4) is 0 Å². The van der Waals surface area contributed by atoms with Crippen LogP contribution in [0.5, 0.6) is 0 Å². The summed E-state index contributed by atoms with van der Waals surface area (Å²) in [6.07, 6.45) is 2.38. The van der Waals surface area contributed by atoms with Crippen LogP contribution in [0.2, 0.25) is 0 Å². The van der Waals surface area contributed by atoms with Crippen molar-refractivity contribution in [3.63, 3.8) is 0 Å². The van der Waals surface area contributed by atoms with E-state index in [9.17, 15) is 9.00 Å². The molecule has 0 aromatic heterocycles. The maximum Gasteiger partial charge on any atom is 0.129 e. The van der Waals surface area contributed by atoms with Crippen LogP contribution in [0.25, 0.3) is 0 Å². The van der Waals surface area contributed by atoms with Gasteiger partial charge in [0.05, 0.1) is 0 Å². The Morgan fingerprint density at radius 3 is 2.38 bits per heavy atom. The van der Waals surface area contributed by atoms with Gasteiger partial charge in [0.15, 0.2) is 0 Å². The van der Waals surface area contributed by atoms with Crippen LogP contribution in [0.15, 0.2) is 0 Å². The van der Waals surface area contributed by atoms with Gasteiger partial charge in [0, 0.05) is 28.7 Å². The van der Waals surface area contributed by atoms with Crippen LogP contribution in [0.3, 0.4) is 0 Å². The van der Waals surface area contributed by atoms with Crippen molar-refractivity contribution in [3.05, 3.63) is 0 Å². The van der Waals surface area contributed by atoms with Crippen molar-refractivity contribution >= 4 is 16.6 Å². The van der Waals surface area contributed by atoms with Gasteiger partial charge < -0.3 is 4.79 Å². The highest BCUT2D eigenvalue weighted by molar-refractivity contribution is 7.84. The topological polar surface area (TPSA) is 34.1 Å². The van der Waals surface area contributed by atoms with Crippen LogP contribution < -0.4 is 0 Å². The first-order valence-electron chi connectivity index (χ1n) is 4.86. The zero-order valence-corrected chi connectivity index (χ0v) is 9.65. The number of hydrogen-bond donors (Lipinski definition) is 0. The minimum absolute atomic E-state index is 0.195. The van der Waals surface area contributed by atoms with E-state index in [4.69, 9.17) is 0 Å². The van der Waals surface area contributed by atoms with Crippen LogP contribution in [-0.4, -0.2) is 21.5 Å². The van der Waals surface area contributed by atoms with E-state index in [-0.39, 0.29) is 5.78 Å². The van der Waals surface area contributed by atoms with Crippen molar-refractivity contribution in [2.45, 2.75) is 40.0 Å². The largest absolute Gasteiger partial charge is 0.300 e. The lowest BCUT2D eigenvalue weighted by Gasteiger charge is -2.03. The molecule has 0 heterocycles. The summed E-state index contributed by atoms with van der Waals surface area (Å²) in [5.41, 5.74) is 0. The summed E-state index contributed by atoms with van der Waals surface area (Å²) in [4.78, 5) is 10.6. The summed E-state index contributed by atoms with van der Waals surface area (Å²) in [7, 11) is -0.709. The van der Waals surface area contributed by atoms with Gasteiger partial charge in [-0.05, 0) is 25.7 Å². The van der Waals surface area contributed by atoms with Gasteiger partial charge in [-0.25, -0.2) is 0 Å². The molecular weight excluding hydrogens is 184 g/mol. The van der Waals surface area contributed by atoms with Crippen molar-refractivity contribution in [2.75, 3.05) is 11.5 Å². The monoisotopic (exact) mass is 204 g/mol. The van der Waals surface area contributed by atoms with Gasteiger partial charge in [0.2, 0.25) is 0 Å². The van der Waals surface area contributed by atoms with Crippen LogP contribution in [0, 0.1) is 5.92 Å². The number of rotatable bonds is 7. The van der Waals surface area contributed by atoms with E-state index in [0.29, 0.717) is 18.1 Å². The lowest BCUT2D eigenvalue weighted by atomic mass is 10.2. The molecule has 1 unspecified atom stereocenters. The number of Topliss-reactive ketones (excluding diaryl/α,β-unsaturated/α-hetero) is 1. The Morgan fingerprint density at radius 2 is 1.92 bits per heavy atom. The molecule has 78 valence electrons. The quantitative estimate of drug-likeness (QED) is 0.637. The molecule has 3 heteroatoms. The van der Waals surface area contributed by atoms with Gasteiger partial charge in [0.25, 0.3) is 0 Å². The molecule has 0 spiro atoms. The maximum atomic E-state index is 11.3. The Kier molecular flexibility index (Phi) is 7.14. The molecule has 0 N–H and O–H groups in total. The maximum absolute atomic E-state index is 11.3. The standard InChI is InChI=1S/C10H20O2S/c1-9(2)6-8-13(12)7-4-5-10(3)11/h9H,4-8H2,1-3H3. The SMILES string of the molecule is CC(=O)CCCS(=O)CCC(C)C. The summed E-state index contributed by atoms with van der Waals surface area (Å²) >= 11 is 0. The summed E-state index contributed by atoms with van der Waals surface area (Å²) in [6.45, 7) is 5.84. The molecule has 0 aromatic carbocycles. The van der Waals surface area contributed by atoms with E-state index in [1.54, 1.807) is 6.92 Å². The van der Waals surface area contributed by atoms with Crippen molar-refractivity contribution in [1.29, 1.82) is 0 Å². The summed E-state index contributed by atoms with van der Waals surface area (Å²) in [5.74, 6) is 2.29. The van der Waals surface area contributed by atoms with E-state index in [2.05, 4.69) is 13.8 Å². The molecule has 0 aliphatic rings. The van der Waals surface area contributed by atoms with Gasteiger partial charge in [-0.3, -0.25) is 4.21 Å². The smallest absolute Gasteiger partial charge is 0.129 e. The van der Waals surface area contributed by atoms with E-state index in [0.717, 1.165) is 18.6 Å². The van der Waals surface area contributed by atoms with Gasteiger partial charge in [-0.1, -0.05) is 13.8 Å². The molecule has 0 bridgehead atoms. The highest BCUT2D eigenvalue weighted by Gasteiger charge is 2.02. The summed E-state index contributed by atoms with van der Waals surface area (Å²) in [5, 5.41) is 0. The molecule has 0 rings (SSSR count). The van der Waals surface area contributed by atoms with Gasteiger partial charge in [0.1, 0.15) is 5.78 Å². The average molecular weight is 204 g/mol. The van der Waals surface area contributed by atoms with Crippen LogP contribution in [0.1, 0.15) is 40.0 Å². The minimum Gasteiger partial charge on any atom is -0.300 e. The predicted molar refractivity (Wildman–Crippen MR) is 57.2 cm³/mol. The Bertz CT molecular complexity index is 176. The number of carbonyl (C=O) groups is 1. The first-order chi connectivity index (χ1) is 6.02. The van der Waals surface area contributed by atoms with Crippen molar-refractivity contribution in [2.24, 2.45) is 5.92 Å². The van der Waals surface area contributed by atoms with Gasteiger partial charge in [-0.2, -0.15) is 0 Å². The van der Waals surface area contributed by atoms with Crippen molar-refractivity contribution in [1.82, 2.24) is 0 Å². The zero-order valence-electron chi connectivity index (χ0n) is 8.84. The van der Waals surface area contributed by atoms with E-state index in [1.165, 1.54) is 0 Å². The van der Waals surface area contributed by atoms with Gasteiger partial charge in [-0.15, -0.1) is 0 Å². The second-order valence-corrected chi connectivity index (χ2v) is 5.53. The lowest BCUT2D eigenvalue weighted by Crippen LogP contribution is -2.06. The molecule has 13 heavy (non-hydrogen) atoms. The minimum atomic E-state index is -0.709. The second-order valence-electron chi connectivity index (χ2n) is 3.84. The van der Waals surface area contributed by atoms with E-state index < -0.39 is 10.8 Å².